The van der Waals surface area contributed by atoms with Crippen LogP contribution in [-0.4, -0.2) is 33.3 Å². The quantitative estimate of drug-likeness (QED) is 0.855. The molecule has 90 valence electrons. The van der Waals surface area contributed by atoms with Gasteiger partial charge in [0.1, 0.15) is 0 Å². The van der Waals surface area contributed by atoms with Gasteiger partial charge in [0.2, 0.25) is 5.91 Å². The molecule has 1 N–H and O–H groups in total. The largest absolute Gasteiger partial charge is 0.291 e. The summed E-state index contributed by atoms with van der Waals surface area (Å²) in [7, 11) is -2.73. The lowest BCUT2D eigenvalue weighted by molar-refractivity contribution is -0.116. The molecule has 0 aliphatic rings. The van der Waals surface area contributed by atoms with Crippen LogP contribution in [0.2, 0.25) is 0 Å². The van der Waals surface area contributed by atoms with E-state index in [1.54, 1.807) is 4.72 Å². The van der Waals surface area contributed by atoms with Crippen LogP contribution < -0.4 is 9.62 Å². The van der Waals surface area contributed by atoms with E-state index in [2.05, 4.69) is 4.98 Å². The van der Waals surface area contributed by atoms with Crippen molar-refractivity contribution in [3.05, 3.63) is 5.69 Å². The highest BCUT2D eigenvalue weighted by Gasteiger charge is 2.22. The van der Waals surface area contributed by atoms with Crippen LogP contribution in [0.25, 0.3) is 0 Å². The summed E-state index contributed by atoms with van der Waals surface area (Å²) < 4.78 is 45.9. The average molecular weight is 266 g/mol. The van der Waals surface area contributed by atoms with E-state index in [0.717, 1.165) is 11.3 Å². The summed E-state index contributed by atoms with van der Waals surface area (Å²) in [6.07, 6.45) is 0. The minimum absolute atomic E-state index is 0.143. The molecule has 0 radical (unpaired) electrons. The zero-order chi connectivity index (χ0) is 15.0. The van der Waals surface area contributed by atoms with Crippen LogP contribution in [0.3, 0.4) is 0 Å². The normalized spacial score (nSPS) is 15.1. The molecule has 0 aliphatic heterocycles. The second-order valence-electron chi connectivity index (χ2n) is 3.05. The minimum Gasteiger partial charge on any atom is -0.291 e. The maximum Gasteiger partial charge on any atom is 0.251 e. The van der Waals surface area contributed by atoms with Crippen molar-refractivity contribution in [1.29, 1.82) is 0 Å². The SMILES string of the molecule is [2H]C([2H])([2H])NS(=O)(=O)c1sc(N(C)C(C)=O)nc1C. The van der Waals surface area contributed by atoms with Crippen LogP contribution in [0.15, 0.2) is 4.21 Å². The van der Waals surface area contributed by atoms with Crippen molar-refractivity contribution in [2.45, 2.75) is 18.1 Å². The number of sulfonamides is 1. The summed E-state index contributed by atoms with van der Waals surface area (Å²) >= 11 is 0.737. The van der Waals surface area contributed by atoms with Gasteiger partial charge in [0, 0.05) is 18.1 Å². The van der Waals surface area contributed by atoms with Crippen molar-refractivity contribution in [2.24, 2.45) is 0 Å². The number of amides is 1. The first-order valence-corrected chi connectivity index (χ1v) is 6.50. The van der Waals surface area contributed by atoms with Gasteiger partial charge in [0.15, 0.2) is 9.34 Å². The summed E-state index contributed by atoms with van der Waals surface area (Å²) in [4.78, 5) is 16.3. The summed E-state index contributed by atoms with van der Waals surface area (Å²) in [5, 5.41) is 0.191. The van der Waals surface area contributed by atoms with Gasteiger partial charge in [-0.3, -0.25) is 9.69 Å². The fourth-order valence-corrected chi connectivity index (χ4v) is 3.06. The smallest absolute Gasteiger partial charge is 0.251 e. The highest BCUT2D eigenvalue weighted by Crippen LogP contribution is 2.28. The number of hydrogen-bond acceptors (Lipinski definition) is 5. The Morgan fingerprint density at radius 2 is 2.25 bits per heavy atom. The van der Waals surface area contributed by atoms with Gasteiger partial charge in [0.25, 0.3) is 10.0 Å². The van der Waals surface area contributed by atoms with Gasteiger partial charge in [0.05, 0.1) is 5.69 Å². The van der Waals surface area contributed by atoms with Crippen LogP contribution in [0.5, 0.6) is 0 Å². The Labute approximate surface area is 103 Å². The Hall–Kier alpha value is -0.990. The van der Waals surface area contributed by atoms with Gasteiger partial charge in [-0.05, 0) is 13.9 Å². The Morgan fingerprint density at radius 3 is 2.75 bits per heavy atom. The summed E-state index contributed by atoms with van der Waals surface area (Å²) in [6.45, 7) is -0.0739. The van der Waals surface area contributed by atoms with E-state index in [0.29, 0.717) is 0 Å². The molecule has 16 heavy (non-hydrogen) atoms. The number of carbonyl (C=O) groups excluding carboxylic acids is 1. The molecule has 1 aromatic heterocycles. The minimum atomic E-state index is -4.18. The lowest BCUT2D eigenvalue weighted by atomic mass is 10.6. The second kappa shape index (κ2) is 4.48. The van der Waals surface area contributed by atoms with Crippen LogP contribution in [0.1, 0.15) is 16.7 Å². The third kappa shape index (κ3) is 2.39. The predicted molar refractivity (Wildman–Crippen MR) is 62.2 cm³/mol. The molecule has 0 atom stereocenters. The molecule has 0 saturated carbocycles. The molecule has 0 bridgehead atoms. The van der Waals surface area contributed by atoms with Gasteiger partial charge < -0.3 is 0 Å². The first-order chi connectivity index (χ1) is 8.44. The summed E-state index contributed by atoms with van der Waals surface area (Å²) in [6, 6.07) is 0. The molecule has 0 aliphatic carbocycles. The number of rotatable bonds is 3. The Balaban J connectivity index is 3.19. The number of aryl methyl sites for hydroxylation is 1. The Morgan fingerprint density at radius 1 is 1.62 bits per heavy atom. The number of thiazole rings is 1. The van der Waals surface area contributed by atoms with Crippen molar-refractivity contribution in [3.63, 3.8) is 0 Å². The van der Waals surface area contributed by atoms with Gasteiger partial charge in [-0.1, -0.05) is 11.3 Å². The van der Waals surface area contributed by atoms with Crippen LogP contribution in [0, 0.1) is 6.92 Å². The number of carbonyl (C=O) groups is 1. The number of nitrogens with one attached hydrogen (secondary N) is 1. The first kappa shape index (κ1) is 9.08. The Bertz CT molecular complexity index is 594. The molecule has 6 nitrogen and oxygen atoms in total. The van der Waals surface area contributed by atoms with E-state index in [-0.39, 0.29) is 20.9 Å². The fourth-order valence-electron chi connectivity index (χ4n) is 0.943. The van der Waals surface area contributed by atoms with E-state index in [9.17, 15) is 13.2 Å². The maximum atomic E-state index is 11.9. The van der Waals surface area contributed by atoms with Crippen molar-refractivity contribution >= 4 is 32.4 Å². The number of anilines is 1. The molecule has 1 rings (SSSR count). The molecule has 0 saturated heterocycles. The standard InChI is InChI=1S/C8H13N3O3S2/c1-5-7(16(13,14)9-3)15-8(10-5)11(4)6(2)12/h9H,1-4H3/i3D3. The average Bonchev–Trinajstić information content (AvgIpc) is 2.55. The van der Waals surface area contributed by atoms with Gasteiger partial charge in [-0.2, -0.15) is 0 Å². The zero-order valence-electron chi connectivity index (χ0n) is 11.9. The second-order valence-corrected chi connectivity index (χ2v) is 5.91. The predicted octanol–water partition coefficient (Wildman–Crippen LogP) is 0.342. The summed E-state index contributed by atoms with van der Waals surface area (Å²) in [5.41, 5.74) is 0.143. The molecule has 0 aromatic carbocycles. The van der Waals surface area contributed by atoms with E-state index < -0.39 is 17.0 Å². The molecule has 1 amide bonds. The van der Waals surface area contributed by atoms with E-state index in [1.807, 2.05) is 0 Å². The lowest BCUT2D eigenvalue weighted by Crippen LogP contribution is -2.22. The molecular formula is C8H13N3O3S2. The lowest BCUT2D eigenvalue weighted by Gasteiger charge is -2.09. The monoisotopic (exact) mass is 266 g/mol. The molecule has 8 heteroatoms. The van der Waals surface area contributed by atoms with Crippen LogP contribution in [0.4, 0.5) is 5.13 Å². The summed E-state index contributed by atoms with van der Waals surface area (Å²) in [5.74, 6) is -0.304. The van der Waals surface area contributed by atoms with E-state index in [1.165, 1.54) is 25.8 Å². The van der Waals surface area contributed by atoms with Gasteiger partial charge in [-0.15, -0.1) is 0 Å². The third-order valence-corrected chi connectivity index (χ3v) is 4.87. The molecular weight excluding hydrogens is 250 g/mol. The third-order valence-electron chi connectivity index (χ3n) is 1.88. The van der Waals surface area contributed by atoms with Crippen molar-refractivity contribution in [2.75, 3.05) is 18.9 Å². The van der Waals surface area contributed by atoms with Crippen LogP contribution >= 0.6 is 11.3 Å². The molecule has 0 fully saturated rings. The highest BCUT2D eigenvalue weighted by atomic mass is 32.2. The first-order valence-electron chi connectivity index (χ1n) is 5.70. The van der Waals surface area contributed by atoms with Crippen molar-refractivity contribution < 1.29 is 17.3 Å². The number of hydrogen-bond donors (Lipinski definition) is 1. The van der Waals surface area contributed by atoms with E-state index in [4.69, 9.17) is 4.11 Å². The topological polar surface area (TPSA) is 79.4 Å². The zero-order valence-corrected chi connectivity index (χ0v) is 10.6. The highest BCUT2D eigenvalue weighted by molar-refractivity contribution is 7.91. The molecule has 0 spiro atoms. The van der Waals surface area contributed by atoms with Crippen molar-refractivity contribution in [3.8, 4) is 0 Å². The maximum absolute atomic E-state index is 11.9. The van der Waals surface area contributed by atoms with Gasteiger partial charge in [-0.25, -0.2) is 18.1 Å². The number of nitrogens with zero attached hydrogens (tertiary/aromatic N) is 2. The Kier molecular flexibility index (Phi) is 2.54. The molecule has 1 heterocycles. The van der Waals surface area contributed by atoms with Crippen molar-refractivity contribution in [1.82, 2.24) is 9.71 Å². The van der Waals surface area contributed by atoms with Crippen LogP contribution in [-0.2, 0) is 14.8 Å². The van der Waals surface area contributed by atoms with E-state index >= 15 is 0 Å². The molecule has 1 aromatic rings. The fraction of sp³-hybridized carbons (Fsp3) is 0.500. The number of aromatic nitrogens is 1. The molecule has 0 unspecified atom stereocenters. The van der Waals surface area contributed by atoms with Gasteiger partial charge >= 0.3 is 0 Å².